The summed E-state index contributed by atoms with van der Waals surface area (Å²) >= 11 is -1.18. The number of pyridine rings is 1. The van der Waals surface area contributed by atoms with Gasteiger partial charge in [0.1, 0.15) is 5.69 Å². The van der Waals surface area contributed by atoms with Gasteiger partial charge in [-0.15, -0.1) is 0 Å². The highest BCUT2D eigenvalue weighted by Gasteiger charge is 2.40. The zero-order valence-corrected chi connectivity index (χ0v) is 15.0. The maximum absolute atomic E-state index is 13.1. The summed E-state index contributed by atoms with van der Waals surface area (Å²) in [6, 6.07) is 16.6. The van der Waals surface area contributed by atoms with Crippen LogP contribution in [0.25, 0.3) is 0 Å². The molecule has 124 valence electrons. The van der Waals surface area contributed by atoms with Gasteiger partial charge in [0.05, 0.1) is 5.69 Å². The first-order valence-corrected chi connectivity index (χ1v) is 9.72. The number of aromatic nitrogens is 1. The van der Waals surface area contributed by atoms with Crippen molar-refractivity contribution in [3.63, 3.8) is 0 Å². The van der Waals surface area contributed by atoms with Gasteiger partial charge in [0.25, 0.3) is 0 Å². The van der Waals surface area contributed by atoms with E-state index in [9.17, 15) is 4.55 Å². The molecule has 0 aliphatic carbocycles. The Hall–Kier alpha value is -2.30. The monoisotopic (exact) mass is 346 g/mol. The number of benzene rings is 2. The van der Waals surface area contributed by atoms with Crippen LogP contribution >= 0.6 is 0 Å². The highest BCUT2D eigenvalue weighted by molar-refractivity contribution is 7.92. The molecule has 2 aliphatic rings. The van der Waals surface area contributed by atoms with Gasteiger partial charge in [0.2, 0.25) is 4.90 Å². The van der Waals surface area contributed by atoms with Crippen LogP contribution in [-0.2, 0) is 17.6 Å². The van der Waals surface area contributed by atoms with E-state index < -0.39 is 11.2 Å². The van der Waals surface area contributed by atoms with E-state index in [0.29, 0.717) is 5.92 Å². The predicted molar refractivity (Wildman–Crippen MR) is 100 cm³/mol. The third-order valence-electron chi connectivity index (χ3n) is 5.07. The van der Waals surface area contributed by atoms with Crippen molar-refractivity contribution in [3.05, 3.63) is 71.4 Å². The number of fused-ring (bicyclic) bond motifs is 4. The number of para-hydroxylation sites is 1. The SMILES string of the molecule is CC(C)c1ccc2c(c1)N1c3ncccc3[S+]([O-])c3cccc(c31)C2. The van der Waals surface area contributed by atoms with Crippen LogP contribution < -0.4 is 4.90 Å². The Morgan fingerprint density at radius 2 is 1.88 bits per heavy atom. The molecule has 1 atom stereocenters. The van der Waals surface area contributed by atoms with Crippen molar-refractivity contribution < 1.29 is 4.55 Å². The van der Waals surface area contributed by atoms with Crippen molar-refractivity contribution in [1.82, 2.24) is 4.98 Å². The summed E-state index contributed by atoms with van der Waals surface area (Å²) in [4.78, 5) is 8.49. The summed E-state index contributed by atoms with van der Waals surface area (Å²) in [6.07, 6.45) is 2.65. The summed E-state index contributed by atoms with van der Waals surface area (Å²) in [6.45, 7) is 4.42. The summed E-state index contributed by atoms with van der Waals surface area (Å²) in [5.41, 5.74) is 6.04. The molecule has 1 aromatic heterocycles. The van der Waals surface area contributed by atoms with E-state index in [1.165, 1.54) is 22.4 Å². The number of anilines is 3. The van der Waals surface area contributed by atoms with Crippen molar-refractivity contribution in [2.24, 2.45) is 0 Å². The number of hydrogen-bond donors (Lipinski definition) is 0. The van der Waals surface area contributed by atoms with Crippen LogP contribution in [0.15, 0.2) is 64.5 Å². The topological polar surface area (TPSA) is 39.2 Å². The number of hydrogen-bond acceptors (Lipinski definition) is 3. The summed E-state index contributed by atoms with van der Waals surface area (Å²) in [5, 5.41) is 0. The van der Waals surface area contributed by atoms with Gasteiger partial charge in [-0.25, -0.2) is 4.98 Å². The molecule has 0 radical (unpaired) electrons. The molecular formula is C21H18N2OS. The lowest BCUT2D eigenvalue weighted by atomic mass is 9.92. The first kappa shape index (κ1) is 15.0. The molecule has 0 amide bonds. The normalized spacial score (nSPS) is 17.1. The van der Waals surface area contributed by atoms with Gasteiger partial charge in [-0.1, -0.05) is 38.1 Å². The molecule has 0 fully saturated rings. The van der Waals surface area contributed by atoms with Crippen molar-refractivity contribution in [3.8, 4) is 0 Å². The third-order valence-corrected chi connectivity index (χ3v) is 6.51. The molecule has 2 aromatic carbocycles. The minimum atomic E-state index is -1.18. The van der Waals surface area contributed by atoms with Crippen LogP contribution in [0.1, 0.15) is 36.5 Å². The van der Waals surface area contributed by atoms with Crippen LogP contribution in [0.2, 0.25) is 0 Å². The molecule has 3 heterocycles. The van der Waals surface area contributed by atoms with Crippen molar-refractivity contribution in [1.29, 1.82) is 0 Å². The lowest BCUT2D eigenvalue weighted by Crippen LogP contribution is -2.28. The minimum Gasteiger partial charge on any atom is -0.606 e. The van der Waals surface area contributed by atoms with Gasteiger partial charge in [0, 0.05) is 23.8 Å². The fourth-order valence-corrected chi connectivity index (χ4v) is 5.12. The molecule has 5 rings (SSSR count). The Balaban J connectivity index is 1.83. The molecule has 0 saturated carbocycles. The summed E-state index contributed by atoms with van der Waals surface area (Å²) in [7, 11) is 0. The third kappa shape index (κ3) is 2.08. The second kappa shape index (κ2) is 5.35. The molecule has 0 spiro atoms. The van der Waals surface area contributed by atoms with Gasteiger partial charge < -0.3 is 4.55 Å². The van der Waals surface area contributed by atoms with Gasteiger partial charge >= 0.3 is 0 Å². The molecule has 3 aromatic rings. The summed E-state index contributed by atoms with van der Waals surface area (Å²) in [5.74, 6) is 1.26. The van der Waals surface area contributed by atoms with Gasteiger partial charge in [0.15, 0.2) is 10.7 Å². The Morgan fingerprint density at radius 3 is 2.72 bits per heavy atom. The lowest BCUT2D eigenvalue weighted by molar-refractivity contribution is 0.593. The quantitative estimate of drug-likeness (QED) is 0.452. The van der Waals surface area contributed by atoms with Crippen LogP contribution in [0, 0.1) is 0 Å². The fraction of sp³-hybridized carbons (Fsp3) is 0.190. The first-order valence-electron chi connectivity index (χ1n) is 8.57. The van der Waals surface area contributed by atoms with Crippen LogP contribution in [-0.4, -0.2) is 9.54 Å². The van der Waals surface area contributed by atoms with Gasteiger partial charge in [-0.2, -0.15) is 0 Å². The fourth-order valence-electron chi connectivity index (χ4n) is 3.77. The molecule has 2 aliphatic heterocycles. The Labute approximate surface area is 150 Å². The molecule has 0 N–H and O–H groups in total. The molecular weight excluding hydrogens is 328 g/mol. The second-order valence-electron chi connectivity index (χ2n) is 6.91. The highest BCUT2D eigenvalue weighted by atomic mass is 32.2. The molecule has 0 saturated heterocycles. The zero-order chi connectivity index (χ0) is 17.1. The van der Waals surface area contributed by atoms with E-state index in [0.717, 1.165) is 27.7 Å². The van der Waals surface area contributed by atoms with Crippen molar-refractivity contribution >= 4 is 28.4 Å². The maximum atomic E-state index is 13.1. The average molecular weight is 346 g/mol. The number of nitrogens with zero attached hydrogens (tertiary/aromatic N) is 2. The highest BCUT2D eigenvalue weighted by Crippen LogP contribution is 2.52. The molecule has 1 unspecified atom stereocenters. The molecule has 0 bridgehead atoms. The average Bonchev–Trinajstić information content (AvgIpc) is 2.64. The largest absolute Gasteiger partial charge is 0.606 e. The van der Waals surface area contributed by atoms with Crippen LogP contribution in [0.4, 0.5) is 17.2 Å². The lowest BCUT2D eigenvalue weighted by Gasteiger charge is -2.37. The molecule has 3 nitrogen and oxygen atoms in total. The van der Waals surface area contributed by atoms with Gasteiger partial charge in [-0.3, -0.25) is 4.90 Å². The Bertz CT molecular complexity index is 999. The van der Waals surface area contributed by atoms with E-state index >= 15 is 0 Å². The van der Waals surface area contributed by atoms with Crippen LogP contribution in [0.5, 0.6) is 0 Å². The zero-order valence-electron chi connectivity index (χ0n) is 14.2. The Morgan fingerprint density at radius 1 is 1.04 bits per heavy atom. The van der Waals surface area contributed by atoms with E-state index in [-0.39, 0.29) is 0 Å². The second-order valence-corrected chi connectivity index (χ2v) is 8.33. The van der Waals surface area contributed by atoms with Crippen LogP contribution in [0.3, 0.4) is 0 Å². The van der Waals surface area contributed by atoms with E-state index in [1.807, 2.05) is 24.3 Å². The maximum Gasteiger partial charge on any atom is 0.201 e. The van der Waals surface area contributed by atoms with E-state index in [2.05, 4.69) is 48.0 Å². The van der Waals surface area contributed by atoms with Crippen molar-refractivity contribution in [2.75, 3.05) is 4.90 Å². The van der Waals surface area contributed by atoms with E-state index in [1.54, 1.807) is 6.20 Å². The van der Waals surface area contributed by atoms with Crippen molar-refractivity contribution in [2.45, 2.75) is 36.0 Å². The van der Waals surface area contributed by atoms with Gasteiger partial charge in [-0.05, 0) is 46.9 Å². The number of rotatable bonds is 1. The van der Waals surface area contributed by atoms with E-state index in [4.69, 9.17) is 0 Å². The Kier molecular flexibility index (Phi) is 3.21. The molecule has 4 heteroatoms. The summed E-state index contributed by atoms with van der Waals surface area (Å²) < 4.78 is 13.1. The standard InChI is InChI=1S/C21H18N2OS/c1-13(2)14-8-9-15-11-16-5-3-6-18-20(16)23(17(15)12-14)21-19(25(18)24)7-4-10-22-21/h3-10,12-13H,11H2,1-2H3. The first-order chi connectivity index (χ1) is 12.1. The smallest absolute Gasteiger partial charge is 0.201 e. The molecule has 25 heavy (non-hydrogen) atoms. The predicted octanol–water partition coefficient (Wildman–Crippen LogP) is 5.06. The minimum absolute atomic E-state index is 0.462.